The number of aromatic amines is 1. The first-order valence-electron chi connectivity index (χ1n) is 13.0. The molecule has 39 heavy (non-hydrogen) atoms. The number of likely N-dealkylation sites (tertiary alicyclic amines) is 1. The van der Waals surface area contributed by atoms with Gasteiger partial charge in [-0.3, -0.25) is 9.59 Å². The molecule has 3 heterocycles. The highest BCUT2D eigenvalue weighted by molar-refractivity contribution is 6.09. The lowest BCUT2D eigenvalue weighted by molar-refractivity contribution is -0.140. The molecule has 208 valence electrons. The van der Waals surface area contributed by atoms with E-state index >= 15 is 0 Å². The van der Waals surface area contributed by atoms with Crippen molar-refractivity contribution in [3.8, 4) is 17.0 Å². The fourth-order valence-corrected chi connectivity index (χ4v) is 4.88. The second kappa shape index (κ2) is 10.5. The van der Waals surface area contributed by atoms with Gasteiger partial charge in [-0.1, -0.05) is 0 Å². The number of rotatable bonds is 7. The van der Waals surface area contributed by atoms with Crippen LogP contribution in [0.2, 0.25) is 0 Å². The molecule has 1 atom stereocenters. The van der Waals surface area contributed by atoms with Gasteiger partial charge in [0.25, 0.3) is 11.8 Å². The van der Waals surface area contributed by atoms with Crippen LogP contribution in [0.15, 0.2) is 24.5 Å². The number of aryl methyl sites for hydroxylation is 1. The minimum Gasteiger partial charge on any atom is -0.493 e. The van der Waals surface area contributed by atoms with Crippen molar-refractivity contribution in [3.05, 3.63) is 41.3 Å². The summed E-state index contributed by atoms with van der Waals surface area (Å²) in [6, 6.07) is 3.13. The van der Waals surface area contributed by atoms with Crippen LogP contribution in [0.3, 0.4) is 0 Å². The largest absolute Gasteiger partial charge is 0.493 e. The second-order valence-electron chi connectivity index (χ2n) is 10.3. The molecule has 1 saturated carbocycles. The number of halogens is 3. The highest BCUT2D eigenvalue weighted by Gasteiger charge is 2.33. The van der Waals surface area contributed by atoms with E-state index in [9.17, 15) is 27.9 Å². The summed E-state index contributed by atoms with van der Waals surface area (Å²) in [5.74, 6) is -0.0400. The number of piperidine rings is 1. The third-order valence-electron chi connectivity index (χ3n) is 7.23. The highest BCUT2D eigenvalue weighted by Crippen LogP contribution is 2.40. The molecular weight excluding hydrogens is 515 g/mol. The molecule has 3 N–H and O–H groups in total. The van der Waals surface area contributed by atoms with Crippen LogP contribution in [0.1, 0.15) is 54.2 Å². The molecule has 1 aliphatic carbocycles. The Morgan fingerprint density at radius 1 is 1.21 bits per heavy atom. The maximum absolute atomic E-state index is 13.6. The van der Waals surface area contributed by atoms with Crippen molar-refractivity contribution in [2.24, 2.45) is 5.92 Å². The first-order chi connectivity index (χ1) is 18.5. The van der Waals surface area contributed by atoms with E-state index in [2.05, 4.69) is 20.3 Å². The SMILES string of the molecule is Cc1[nH]c2c(-c3cc(C(F)(F)F)ccc3OCC3CC3)ncnc2c1C(=O)NC1CCN(C(=O)[C@H](C)O)CC1. The number of aliphatic hydroxyl groups excluding tert-OH is 1. The van der Waals surface area contributed by atoms with Crippen molar-refractivity contribution in [1.29, 1.82) is 0 Å². The average molecular weight is 546 g/mol. The van der Waals surface area contributed by atoms with E-state index < -0.39 is 17.8 Å². The summed E-state index contributed by atoms with van der Waals surface area (Å²) in [5.41, 5.74) is 0.965. The predicted octanol–water partition coefficient (Wildman–Crippen LogP) is 3.84. The number of alkyl halides is 3. The number of nitrogens with zero attached hydrogens (tertiary/aromatic N) is 3. The Morgan fingerprint density at radius 2 is 1.92 bits per heavy atom. The van der Waals surface area contributed by atoms with Crippen molar-refractivity contribution < 1.29 is 32.6 Å². The number of carbonyl (C=O) groups is 2. The van der Waals surface area contributed by atoms with Crippen LogP contribution < -0.4 is 10.1 Å². The van der Waals surface area contributed by atoms with E-state index in [1.165, 1.54) is 19.3 Å². The monoisotopic (exact) mass is 545 g/mol. The van der Waals surface area contributed by atoms with Gasteiger partial charge in [-0.25, -0.2) is 9.97 Å². The number of fused-ring (bicyclic) bond motifs is 1. The zero-order valence-electron chi connectivity index (χ0n) is 21.6. The van der Waals surface area contributed by atoms with E-state index in [0.29, 0.717) is 55.2 Å². The van der Waals surface area contributed by atoms with Gasteiger partial charge in [-0.15, -0.1) is 0 Å². The Labute approximate surface area is 222 Å². The average Bonchev–Trinajstić information content (AvgIpc) is 3.66. The summed E-state index contributed by atoms with van der Waals surface area (Å²) in [7, 11) is 0. The maximum Gasteiger partial charge on any atom is 0.416 e. The Morgan fingerprint density at radius 3 is 2.56 bits per heavy atom. The lowest BCUT2D eigenvalue weighted by atomic mass is 10.0. The van der Waals surface area contributed by atoms with E-state index in [4.69, 9.17) is 4.74 Å². The number of nitrogens with one attached hydrogen (secondary N) is 2. The Balaban J connectivity index is 1.43. The number of carbonyl (C=O) groups excluding carboxylic acids is 2. The molecule has 0 spiro atoms. The molecule has 1 aliphatic heterocycles. The standard InChI is InChI=1S/C27H30F3N5O4/c1-14-21(25(37)34-18-7-9-35(10-8-18)26(38)15(2)36)23-24(33-14)22(31-13-32-23)19-11-17(27(28,29)30)5-6-20(19)39-12-16-3-4-16/h5-6,11,13,15-16,18,33,36H,3-4,7-10,12H2,1-2H3,(H,34,37)/t15-/m0/s1. The van der Waals surface area contributed by atoms with Gasteiger partial charge in [0.05, 0.1) is 23.3 Å². The van der Waals surface area contributed by atoms with Gasteiger partial charge in [0.1, 0.15) is 29.4 Å². The molecule has 9 nitrogen and oxygen atoms in total. The van der Waals surface area contributed by atoms with Gasteiger partial charge in [0.2, 0.25) is 0 Å². The number of aliphatic hydroxyl groups is 1. The molecule has 2 aliphatic rings. The first kappa shape index (κ1) is 26.9. The third-order valence-corrected chi connectivity index (χ3v) is 7.23. The van der Waals surface area contributed by atoms with Crippen molar-refractivity contribution in [2.45, 2.75) is 57.9 Å². The van der Waals surface area contributed by atoms with Crippen LogP contribution in [0.4, 0.5) is 13.2 Å². The minimum atomic E-state index is -4.55. The molecule has 2 aromatic heterocycles. The van der Waals surface area contributed by atoms with Gasteiger partial charge in [0.15, 0.2) is 0 Å². The quantitative estimate of drug-likeness (QED) is 0.415. The number of benzene rings is 1. The lowest BCUT2D eigenvalue weighted by Crippen LogP contribution is -2.48. The molecule has 2 amide bonds. The number of hydrogen-bond donors (Lipinski definition) is 3. The molecule has 1 aromatic carbocycles. The van der Waals surface area contributed by atoms with Crippen LogP contribution in [0.5, 0.6) is 5.75 Å². The molecule has 0 radical (unpaired) electrons. The van der Waals surface area contributed by atoms with Gasteiger partial charge in [-0.05, 0) is 63.6 Å². The normalized spacial score (nSPS) is 17.3. The maximum atomic E-state index is 13.6. The van der Waals surface area contributed by atoms with E-state index in [1.54, 1.807) is 11.8 Å². The molecule has 2 fully saturated rings. The molecule has 12 heteroatoms. The summed E-state index contributed by atoms with van der Waals surface area (Å²) in [5, 5.41) is 12.5. The summed E-state index contributed by atoms with van der Waals surface area (Å²) < 4.78 is 46.7. The number of amides is 2. The molecular formula is C27H30F3N5O4. The van der Waals surface area contributed by atoms with Crippen LogP contribution >= 0.6 is 0 Å². The summed E-state index contributed by atoms with van der Waals surface area (Å²) in [4.78, 5) is 38.6. The minimum absolute atomic E-state index is 0.168. The van der Waals surface area contributed by atoms with Crippen molar-refractivity contribution in [1.82, 2.24) is 25.2 Å². The number of hydrogen-bond acceptors (Lipinski definition) is 6. The first-order valence-corrected chi connectivity index (χ1v) is 13.0. The van der Waals surface area contributed by atoms with Gasteiger partial charge in [0, 0.05) is 30.4 Å². The number of aromatic nitrogens is 3. The third kappa shape index (κ3) is 5.70. The molecule has 0 bridgehead atoms. The topological polar surface area (TPSA) is 120 Å². The number of H-pyrrole nitrogens is 1. The Kier molecular flexibility index (Phi) is 7.23. The lowest BCUT2D eigenvalue weighted by Gasteiger charge is -2.33. The van der Waals surface area contributed by atoms with Crippen LogP contribution in [0, 0.1) is 12.8 Å². The molecule has 3 aromatic rings. The Bertz CT molecular complexity index is 1390. The summed E-state index contributed by atoms with van der Waals surface area (Å²) in [6.07, 6.45) is -1.30. The van der Waals surface area contributed by atoms with Crippen LogP contribution in [-0.4, -0.2) is 68.6 Å². The fraction of sp³-hybridized carbons (Fsp3) is 0.481. The highest BCUT2D eigenvalue weighted by atomic mass is 19.4. The molecule has 1 saturated heterocycles. The summed E-state index contributed by atoms with van der Waals surface area (Å²) in [6.45, 7) is 4.35. The second-order valence-corrected chi connectivity index (χ2v) is 10.3. The van der Waals surface area contributed by atoms with Gasteiger partial charge >= 0.3 is 6.18 Å². The van der Waals surface area contributed by atoms with Crippen molar-refractivity contribution in [2.75, 3.05) is 19.7 Å². The van der Waals surface area contributed by atoms with Gasteiger partial charge < -0.3 is 25.0 Å². The van der Waals surface area contributed by atoms with Crippen LogP contribution in [-0.2, 0) is 11.0 Å². The van der Waals surface area contributed by atoms with Crippen LogP contribution in [0.25, 0.3) is 22.3 Å². The molecule has 0 unspecified atom stereocenters. The van der Waals surface area contributed by atoms with Crippen molar-refractivity contribution in [3.63, 3.8) is 0 Å². The molecule has 5 rings (SSSR count). The zero-order chi connectivity index (χ0) is 27.9. The van der Waals surface area contributed by atoms with E-state index in [0.717, 1.165) is 25.0 Å². The summed E-state index contributed by atoms with van der Waals surface area (Å²) >= 11 is 0. The Hall–Kier alpha value is -3.67. The zero-order valence-corrected chi connectivity index (χ0v) is 21.6. The van der Waals surface area contributed by atoms with Crippen molar-refractivity contribution >= 4 is 22.8 Å². The smallest absolute Gasteiger partial charge is 0.416 e. The van der Waals surface area contributed by atoms with Gasteiger partial charge in [-0.2, -0.15) is 13.2 Å². The predicted molar refractivity (Wildman–Crippen MR) is 136 cm³/mol. The fourth-order valence-electron chi connectivity index (χ4n) is 4.88. The van der Waals surface area contributed by atoms with E-state index in [1.807, 2.05) is 0 Å². The van der Waals surface area contributed by atoms with E-state index in [-0.39, 0.29) is 40.4 Å². The number of ether oxygens (including phenoxy) is 1.